The van der Waals surface area contributed by atoms with Crippen LogP contribution in [0.4, 0.5) is 4.39 Å². The first-order chi connectivity index (χ1) is 9.15. The van der Waals surface area contributed by atoms with Gasteiger partial charge in [-0.15, -0.1) is 0 Å². The minimum Gasteiger partial charge on any atom is -0.469 e. The van der Waals surface area contributed by atoms with E-state index < -0.39 is 0 Å². The van der Waals surface area contributed by atoms with Gasteiger partial charge in [0.2, 0.25) is 0 Å². The van der Waals surface area contributed by atoms with E-state index in [9.17, 15) is 9.18 Å². The second kappa shape index (κ2) is 8.08. The third-order valence-electron chi connectivity index (χ3n) is 2.55. The average molecular weight is 263 g/mol. The molecule has 0 bridgehead atoms. The van der Waals surface area contributed by atoms with Crippen LogP contribution >= 0.6 is 0 Å². The Morgan fingerprint density at radius 1 is 1.37 bits per heavy atom. The molecule has 0 heterocycles. The molecular weight excluding hydrogens is 245 g/mol. The van der Waals surface area contributed by atoms with Crippen molar-refractivity contribution in [3.63, 3.8) is 0 Å². The van der Waals surface area contributed by atoms with E-state index in [1.807, 2.05) is 12.2 Å². The molecule has 1 rings (SSSR count). The largest absolute Gasteiger partial charge is 0.469 e. The van der Waals surface area contributed by atoms with Gasteiger partial charge in [0.15, 0.2) is 0 Å². The van der Waals surface area contributed by atoms with E-state index >= 15 is 0 Å². The maximum absolute atomic E-state index is 12.8. The van der Waals surface area contributed by atoms with Gasteiger partial charge in [-0.1, -0.05) is 18.2 Å². The molecule has 0 spiro atoms. The number of hydrogen-bond acceptors (Lipinski definition) is 3. The summed E-state index contributed by atoms with van der Waals surface area (Å²) in [5.74, 6) is -0.538. The predicted octanol–water partition coefficient (Wildman–Crippen LogP) is 2.59. The van der Waals surface area contributed by atoms with E-state index in [4.69, 9.17) is 0 Å². The number of nitrogens with one attached hydrogen (secondary N) is 1. The van der Waals surface area contributed by atoms with Gasteiger partial charge in [0, 0.05) is 7.05 Å². The lowest BCUT2D eigenvalue weighted by molar-refractivity contribution is -0.139. The summed E-state index contributed by atoms with van der Waals surface area (Å²) in [6, 6.07) is 6.30. The Bertz CT molecular complexity index is 464. The van der Waals surface area contributed by atoms with Crippen LogP contribution in [0.25, 0.3) is 0 Å². The molecule has 4 heteroatoms. The van der Waals surface area contributed by atoms with Gasteiger partial charge in [-0.2, -0.15) is 0 Å². The summed E-state index contributed by atoms with van der Waals surface area (Å²) in [4.78, 5) is 11.3. The van der Waals surface area contributed by atoms with Gasteiger partial charge in [0.25, 0.3) is 0 Å². The Morgan fingerprint density at radius 2 is 2.05 bits per heavy atom. The number of allylic oxidation sites excluding steroid dienone is 2. The fourth-order valence-electron chi connectivity index (χ4n) is 1.50. The molecule has 1 aromatic rings. The second-order valence-corrected chi connectivity index (χ2v) is 3.98. The molecule has 0 fully saturated rings. The molecule has 0 amide bonds. The molecule has 0 aliphatic carbocycles. The van der Waals surface area contributed by atoms with Crippen molar-refractivity contribution in [1.29, 1.82) is 0 Å². The number of hydrogen-bond donors (Lipinski definition) is 1. The molecule has 3 nitrogen and oxygen atoms in total. The Hall–Kier alpha value is -2.10. The van der Waals surface area contributed by atoms with Crippen LogP contribution in [0.5, 0.6) is 0 Å². The van der Waals surface area contributed by atoms with Crippen LogP contribution in [0.2, 0.25) is 0 Å². The molecule has 0 aliphatic rings. The van der Waals surface area contributed by atoms with Crippen LogP contribution in [0.3, 0.4) is 0 Å². The minimum absolute atomic E-state index is 0.218. The van der Waals surface area contributed by atoms with Gasteiger partial charge in [-0.25, -0.2) is 4.39 Å². The van der Waals surface area contributed by atoms with Gasteiger partial charge in [-0.05, 0) is 42.0 Å². The average Bonchev–Trinajstić information content (AvgIpc) is 2.43. The molecule has 102 valence electrons. The molecule has 0 aliphatic heterocycles. The first-order valence-electron chi connectivity index (χ1n) is 6.00. The van der Waals surface area contributed by atoms with Crippen LogP contribution in [0.15, 0.2) is 48.2 Å². The van der Waals surface area contributed by atoms with Crippen molar-refractivity contribution in [3.05, 3.63) is 59.6 Å². The number of carbonyl (C=O) groups excluding carboxylic acids is 1. The summed E-state index contributed by atoms with van der Waals surface area (Å²) < 4.78 is 17.4. The van der Waals surface area contributed by atoms with E-state index in [-0.39, 0.29) is 18.2 Å². The molecular formula is C15H18FNO2. The van der Waals surface area contributed by atoms with Crippen LogP contribution in [-0.2, 0) is 16.0 Å². The molecule has 0 radical (unpaired) electrons. The monoisotopic (exact) mass is 263 g/mol. The summed E-state index contributed by atoms with van der Waals surface area (Å²) in [7, 11) is 3.15. The molecule has 0 saturated heterocycles. The number of rotatable bonds is 6. The Balaban J connectivity index is 2.73. The zero-order chi connectivity index (χ0) is 14.1. The molecule has 1 aromatic carbocycles. The number of benzene rings is 1. The Morgan fingerprint density at radius 3 is 2.63 bits per heavy atom. The van der Waals surface area contributed by atoms with Gasteiger partial charge >= 0.3 is 5.97 Å². The summed E-state index contributed by atoms with van der Waals surface area (Å²) in [5.41, 5.74) is 1.84. The summed E-state index contributed by atoms with van der Waals surface area (Å²) in [6.07, 6.45) is 6.36. The highest BCUT2D eigenvalue weighted by Crippen LogP contribution is 2.09. The lowest BCUT2D eigenvalue weighted by atomic mass is 10.1. The van der Waals surface area contributed by atoms with Crippen molar-refractivity contribution >= 4 is 5.97 Å². The van der Waals surface area contributed by atoms with E-state index in [2.05, 4.69) is 10.1 Å². The topological polar surface area (TPSA) is 38.3 Å². The quantitative estimate of drug-likeness (QED) is 0.633. The van der Waals surface area contributed by atoms with Gasteiger partial charge in [0.05, 0.1) is 13.5 Å². The van der Waals surface area contributed by atoms with Crippen LogP contribution in [0, 0.1) is 5.82 Å². The van der Waals surface area contributed by atoms with Crippen molar-refractivity contribution in [1.82, 2.24) is 5.32 Å². The summed E-state index contributed by atoms with van der Waals surface area (Å²) in [5, 5.41) is 2.87. The lowest BCUT2D eigenvalue weighted by Gasteiger charge is -2.02. The molecule has 19 heavy (non-hydrogen) atoms. The minimum atomic E-state index is -0.286. The highest BCUT2D eigenvalue weighted by Gasteiger charge is 2.03. The second-order valence-electron chi connectivity index (χ2n) is 3.98. The van der Waals surface area contributed by atoms with E-state index in [0.29, 0.717) is 6.42 Å². The van der Waals surface area contributed by atoms with Crippen LogP contribution in [0.1, 0.15) is 12.0 Å². The first-order valence-corrected chi connectivity index (χ1v) is 6.00. The summed E-state index contributed by atoms with van der Waals surface area (Å²) >= 11 is 0. The highest BCUT2D eigenvalue weighted by molar-refractivity contribution is 5.73. The SMILES string of the molecule is CN/C=C\C(=C/Cc1ccc(F)cc1)CC(=O)OC. The maximum Gasteiger partial charge on any atom is 0.309 e. The van der Waals surface area contributed by atoms with Crippen molar-refractivity contribution < 1.29 is 13.9 Å². The third-order valence-corrected chi connectivity index (χ3v) is 2.55. The predicted molar refractivity (Wildman–Crippen MR) is 73.0 cm³/mol. The maximum atomic E-state index is 12.8. The number of methoxy groups -OCH3 is 1. The molecule has 0 unspecified atom stereocenters. The number of esters is 1. The van der Waals surface area contributed by atoms with Gasteiger partial charge in [0.1, 0.15) is 5.82 Å². The molecule has 1 N–H and O–H groups in total. The lowest BCUT2D eigenvalue weighted by Crippen LogP contribution is -2.02. The van der Waals surface area contributed by atoms with Gasteiger partial charge < -0.3 is 10.1 Å². The van der Waals surface area contributed by atoms with Crippen molar-refractivity contribution in [3.8, 4) is 0 Å². The van der Waals surface area contributed by atoms with Crippen LogP contribution in [-0.4, -0.2) is 20.1 Å². The molecule has 0 saturated carbocycles. The van der Waals surface area contributed by atoms with Gasteiger partial charge in [-0.3, -0.25) is 4.79 Å². The number of ether oxygens (including phenoxy) is 1. The normalized spacial score (nSPS) is 11.6. The van der Waals surface area contributed by atoms with Crippen molar-refractivity contribution in [2.75, 3.05) is 14.2 Å². The number of halogens is 1. The summed E-state index contributed by atoms with van der Waals surface area (Å²) in [6.45, 7) is 0. The Labute approximate surface area is 112 Å². The van der Waals surface area contributed by atoms with Crippen molar-refractivity contribution in [2.24, 2.45) is 0 Å². The third kappa shape index (κ3) is 5.86. The molecule has 0 atom stereocenters. The zero-order valence-electron chi connectivity index (χ0n) is 11.2. The fourth-order valence-corrected chi connectivity index (χ4v) is 1.50. The molecule has 0 aromatic heterocycles. The van der Waals surface area contributed by atoms with Crippen LogP contribution < -0.4 is 5.32 Å². The fraction of sp³-hybridized carbons (Fsp3) is 0.267. The van der Waals surface area contributed by atoms with E-state index in [1.54, 1.807) is 25.4 Å². The van der Waals surface area contributed by atoms with E-state index in [0.717, 1.165) is 11.1 Å². The standard InChI is InChI=1S/C15H18FNO2/c1-17-10-9-13(11-15(18)19-2)4-3-12-5-7-14(16)8-6-12/h4-10,17H,3,11H2,1-2H3/b10-9-,13-4+. The van der Waals surface area contributed by atoms with E-state index in [1.165, 1.54) is 19.2 Å². The number of carbonyl (C=O) groups is 1. The smallest absolute Gasteiger partial charge is 0.309 e. The highest BCUT2D eigenvalue weighted by atomic mass is 19.1. The first kappa shape index (κ1) is 15.0. The zero-order valence-corrected chi connectivity index (χ0v) is 11.2. The van der Waals surface area contributed by atoms with Crippen molar-refractivity contribution in [2.45, 2.75) is 12.8 Å². The Kier molecular flexibility index (Phi) is 6.36.